The summed E-state index contributed by atoms with van der Waals surface area (Å²) in [5.41, 5.74) is 0.823. The van der Waals surface area contributed by atoms with Crippen LogP contribution in [0.1, 0.15) is 39.0 Å². The van der Waals surface area contributed by atoms with Gasteiger partial charge < -0.3 is 14.2 Å². The molecule has 1 aliphatic rings. The van der Waals surface area contributed by atoms with E-state index >= 15 is 0 Å². The molecule has 0 unspecified atom stereocenters. The van der Waals surface area contributed by atoms with Gasteiger partial charge in [0.1, 0.15) is 11.3 Å². The molecule has 1 aromatic carbocycles. The van der Waals surface area contributed by atoms with Crippen LogP contribution in [0.5, 0.6) is 0 Å². The number of para-hydroxylation sites is 1. The van der Waals surface area contributed by atoms with E-state index in [1.54, 1.807) is 11.9 Å². The van der Waals surface area contributed by atoms with Crippen molar-refractivity contribution in [2.24, 2.45) is 11.8 Å². The highest BCUT2D eigenvalue weighted by Crippen LogP contribution is 2.29. The van der Waals surface area contributed by atoms with Crippen LogP contribution >= 0.6 is 0 Å². The van der Waals surface area contributed by atoms with Crippen molar-refractivity contribution in [2.45, 2.75) is 33.2 Å². The van der Waals surface area contributed by atoms with Crippen molar-refractivity contribution in [2.75, 3.05) is 20.1 Å². The third kappa shape index (κ3) is 3.55. The zero-order valence-corrected chi connectivity index (χ0v) is 15.4. The minimum Gasteiger partial charge on any atom is -0.459 e. The summed E-state index contributed by atoms with van der Waals surface area (Å²) in [6.07, 6.45) is 0.308. The highest BCUT2D eigenvalue weighted by molar-refractivity contribution is 5.89. The van der Waals surface area contributed by atoms with Gasteiger partial charge >= 0.3 is 0 Å². The van der Waals surface area contributed by atoms with E-state index in [0.717, 1.165) is 16.7 Å². The number of amides is 2. The molecule has 1 fully saturated rings. The summed E-state index contributed by atoms with van der Waals surface area (Å²) in [6.45, 7) is 7.35. The number of rotatable bonds is 5. The molecule has 2 atom stereocenters. The third-order valence-corrected chi connectivity index (χ3v) is 4.93. The van der Waals surface area contributed by atoms with Crippen molar-refractivity contribution in [1.29, 1.82) is 0 Å². The molecule has 0 N–H and O–H groups in total. The van der Waals surface area contributed by atoms with Crippen molar-refractivity contribution in [1.82, 2.24) is 9.80 Å². The van der Waals surface area contributed by atoms with E-state index in [-0.39, 0.29) is 23.8 Å². The van der Waals surface area contributed by atoms with E-state index in [4.69, 9.17) is 4.42 Å². The first-order valence-corrected chi connectivity index (χ1v) is 8.89. The van der Waals surface area contributed by atoms with E-state index in [0.29, 0.717) is 25.4 Å². The van der Waals surface area contributed by atoms with Crippen molar-refractivity contribution < 1.29 is 14.0 Å². The maximum Gasteiger partial charge on any atom is 0.228 e. The number of carbonyl (C=O) groups excluding carboxylic acids is 2. The summed E-state index contributed by atoms with van der Waals surface area (Å²) in [6, 6.07) is 9.63. The smallest absolute Gasteiger partial charge is 0.228 e. The van der Waals surface area contributed by atoms with Gasteiger partial charge in [-0.25, -0.2) is 0 Å². The predicted molar refractivity (Wildman–Crippen MR) is 96.9 cm³/mol. The van der Waals surface area contributed by atoms with Crippen molar-refractivity contribution >= 4 is 22.8 Å². The first-order chi connectivity index (χ1) is 11.9. The van der Waals surface area contributed by atoms with Gasteiger partial charge in [-0.1, -0.05) is 32.0 Å². The Morgan fingerprint density at radius 3 is 2.72 bits per heavy atom. The molecule has 5 nitrogen and oxygen atoms in total. The van der Waals surface area contributed by atoms with Gasteiger partial charge in [-0.05, 0) is 25.0 Å². The summed E-state index contributed by atoms with van der Waals surface area (Å²) in [5.74, 6) is 0.998. The molecule has 1 saturated heterocycles. The SMILES string of the molecule is CC(C)CN1C[C@H](C(=O)N(C)[C@H](C)c2cc3ccccc3o2)CC1=O. The van der Waals surface area contributed by atoms with Crippen LogP contribution in [0.4, 0.5) is 0 Å². The number of likely N-dealkylation sites (tertiary alicyclic amines) is 1. The number of hydrogen-bond donors (Lipinski definition) is 0. The highest BCUT2D eigenvalue weighted by atomic mass is 16.3. The minimum atomic E-state index is -0.261. The lowest BCUT2D eigenvalue weighted by Gasteiger charge is -2.26. The molecule has 2 amide bonds. The maximum absolute atomic E-state index is 12.9. The Morgan fingerprint density at radius 2 is 2.04 bits per heavy atom. The number of nitrogens with zero attached hydrogens (tertiary/aromatic N) is 2. The quantitative estimate of drug-likeness (QED) is 0.836. The van der Waals surface area contributed by atoms with Crippen LogP contribution in [-0.4, -0.2) is 41.8 Å². The Kier molecular flexibility index (Phi) is 4.84. The van der Waals surface area contributed by atoms with E-state index in [2.05, 4.69) is 13.8 Å². The molecule has 3 rings (SSSR count). The molecule has 1 aromatic heterocycles. The summed E-state index contributed by atoms with van der Waals surface area (Å²) in [7, 11) is 1.79. The standard InChI is InChI=1S/C20H26N2O3/c1-13(2)11-22-12-16(10-19(22)23)20(24)21(4)14(3)18-9-15-7-5-6-8-17(15)25-18/h5-9,13-14,16H,10-12H2,1-4H3/t14-,16-/m1/s1. The molecular formula is C20H26N2O3. The average Bonchev–Trinajstić information content (AvgIpc) is 3.16. The number of benzene rings is 1. The minimum absolute atomic E-state index is 0.00700. The van der Waals surface area contributed by atoms with Crippen molar-refractivity contribution in [3.05, 3.63) is 36.1 Å². The third-order valence-electron chi connectivity index (χ3n) is 4.93. The maximum atomic E-state index is 12.9. The molecule has 25 heavy (non-hydrogen) atoms. The zero-order chi connectivity index (χ0) is 18.1. The van der Waals surface area contributed by atoms with Gasteiger partial charge in [0.2, 0.25) is 11.8 Å². The Labute approximate surface area is 148 Å². The van der Waals surface area contributed by atoms with Gasteiger partial charge in [0.05, 0.1) is 12.0 Å². The molecular weight excluding hydrogens is 316 g/mol. The second-order valence-corrected chi connectivity index (χ2v) is 7.41. The van der Waals surface area contributed by atoms with Gasteiger partial charge in [0.25, 0.3) is 0 Å². The Balaban J connectivity index is 1.70. The summed E-state index contributed by atoms with van der Waals surface area (Å²) < 4.78 is 5.89. The normalized spacial score (nSPS) is 19.0. The monoisotopic (exact) mass is 342 g/mol. The molecule has 0 spiro atoms. The van der Waals surface area contributed by atoms with Gasteiger partial charge in [0.15, 0.2) is 0 Å². The zero-order valence-electron chi connectivity index (χ0n) is 15.4. The van der Waals surface area contributed by atoms with Gasteiger partial charge in [-0.2, -0.15) is 0 Å². The lowest BCUT2D eigenvalue weighted by Crippen LogP contribution is -2.36. The predicted octanol–water partition coefficient (Wildman–Crippen LogP) is 3.46. The number of fused-ring (bicyclic) bond motifs is 1. The van der Waals surface area contributed by atoms with Crippen LogP contribution in [0, 0.1) is 11.8 Å². The van der Waals surface area contributed by atoms with Crippen molar-refractivity contribution in [3.8, 4) is 0 Å². The fraction of sp³-hybridized carbons (Fsp3) is 0.500. The second kappa shape index (κ2) is 6.90. The Morgan fingerprint density at radius 1 is 1.32 bits per heavy atom. The van der Waals surface area contributed by atoms with E-state index in [1.165, 1.54) is 0 Å². The largest absolute Gasteiger partial charge is 0.459 e. The highest BCUT2D eigenvalue weighted by Gasteiger charge is 2.37. The molecule has 0 aliphatic carbocycles. The molecule has 5 heteroatoms. The summed E-state index contributed by atoms with van der Waals surface area (Å²) in [5, 5.41) is 1.03. The van der Waals surface area contributed by atoms with Crippen molar-refractivity contribution in [3.63, 3.8) is 0 Å². The van der Waals surface area contributed by atoms with Gasteiger partial charge in [-0.15, -0.1) is 0 Å². The second-order valence-electron chi connectivity index (χ2n) is 7.41. The average molecular weight is 342 g/mol. The van der Waals surface area contributed by atoms with E-state index in [9.17, 15) is 9.59 Å². The van der Waals surface area contributed by atoms with Crippen LogP contribution in [0.3, 0.4) is 0 Å². The Hall–Kier alpha value is -2.30. The molecule has 0 radical (unpaired) electrons. The topological polar surface area (TPSA) is 53.8 Å². The first kappa shape index (κ1) is 17.5. The summed E-state index contributed by atoms with van der Waals surface area (Å²) >= 11 is 0. The summed E-state index contributed by atoms with van der Waals surface area (Å²) in [4.78, 5) is 28.5. The fourth-order valence-electron chi connectivity index (χ4n) is 3.43. The molecule has 1 aliphatic heterocycles. The number of furan rings is 1. The van der Waals surface area contributed by atoms with E-state index < -0.39 is 0 Å². The molecule has 134 valence electrons. The lowest BCUT2D eigenvalue weighted by atomic mass is 10.1. The Bertz CT molecular complexity index is 747. The van der Waals surface area contributed by atoms with Crippen LogP contribution < -0.4 is 0 Å². The molecule has 0 bridgehead atoms. The molecule has 2 aromatic rings. The number of carbonyl (C=O) groups is 2. The van der Waals surface area contributed by atoms with Crippen LogP contribution in [0.15, 0.2) is 34.7 Å². The lowest BCUT2D eigenvalue weighted by molar-refractivity contribution is -0.136. The molecule has 0 saturated carbocycles. The molecule has 2 heterocycles. The van der Waals surface area contributed by atoms with Gasteiger partial charge in [-0.3, -0.25) is 9.59 Å². The fourth-order valence-corrected chi connectivity index (χ4v) is 3.43. The van der Waals surface area contributed by atoms with Crippen LogP contribution in [0.25, 0.3) is 11.0 Å². The first-order valence-electron chi connectivity index (χ1n) is 8.89. The van der Waals surface area contributed by atoms with Crippen LogP contribution in [0.2, 0.25) is 0 Å². The van der Waals surface area contributed by atoms with E-state index in [1.807, 2.05) is 42.2 Å². The van der Waals surface area contributed by atoms with Gasteiger partial charge in [0, 0.05) is 31.9 Å². The number of hydrogen-bond acceptors (Lipinski definition) is 3. The van der Waals surface area contributed by atoms with Crippen LogP contribution in [-0.2, 0) is 9.59 Å².